The van der Waals surface area contributed by atoms with Gasteiger partial charge in [-0.3, -0.25) is 14.9 Å². The minimum Gasteiger partial charge on any atom is -0.466 e. The maximum atomic E-state index is 12.8. The van der Waals surface area contributed by atoms with E-state index in [0.29, 0.717) is 21.6 Å². The normalized spacial score (nSPS) is 18.6. The number of amides is 2. The summed E-state index contributed by atoms with van der Waals surface area (Å²) in [6.07, 6.45) is 0. The van der Waals surface area contributed by atoms with Crippen LogP contribution in [0.3, 0.4) is 0 Å². The van der Waals surface area contributed by atoms with Crippen molar-refractivity contribution in [3.8, 4) is 5.75 Å². The lowest BCUT2D eigenvalue weighted by atomic mass is 10.0. The third-order valence-electron chi connectivity index (χ3n) is 4.68. The Morgan fingerprint density at radius 1 is 1.30 bits per heavy atom. The molecule has 0 aliphatic carbocycles. The second-order valence-corrected chi connectivity index (χ2v) is 8.02. The number of nitrogens with zero attached hydrogens (tertiary/aromatic N) is 1. The predicted molar refractivity (Wildman–Crippen MR) is 107 cm³/mol. The molecule has 4 rings (SSSR count). The number of carbonyl (C=O) groups is 2. The maximum absolute atomic E-state index is 12.8. The van der Waals surface area contributed by atoms with Crippen LogP contribution in [0.1, 0.15) is 18.1 Å². The quantitative estimate of drug-likeness (QED) is 0.627. The van der Waals surface area contributed by atoms with Crippen LogP contribution in [0.25, 0.3) is 10.2 Å². The third-order valence-corrected chi connectivity index (χ3v) is 5.85. The summed E-state index contributed by atoms with van der Waals surface area (Å²) in [4.78, 5) is 29.9. The summed E-state index contributed by atoms with van der Waals surface area (Å²) in [6, 6.07) is 8.81. The molecule has 0 radical (unpaired) electrons. The molecule has 2 N–H and O–H groups in total. The number of hydrogen-bond acceptors (Lipinski definition) is 5. The van der Waals surface area contributed by atoms with Crippen LogP contribution in [-0.4, -0.2) is 22.4 Å². The third kappa shape index (κ3) is 2.93. The van der Waals surface area contributed by atoms with E-state index in [1.165, 1.54) is 18.3 Å². The summed E-state index contributed by atoms with van der Waals surface area (Å²) in [5.74, 6) is -0.774. The van der Waals surface area contributed by atoms with E-state index in [0.717, 1.165) is 21.3 Å². The van der Waals surface area contributed by atoms with Crippen molar-refractivity contribution in [2.24, 2.45) is 0 Å². The van der Waals surface area contributed by atoms with Crippen LogP contribution in [0.4, 0.5) is 10.8 Å². The van der Waals surface area contributed by atoms with Crippen molar-refractivity contribution in [1.29, 1.82) is 0 Å². The van der Waals surface area contributed by atoms with Crippen LogP contribution in [0.5, 0.6) is 5.75 Å². The topological polar surface area (TPSA) is 80.3 Å². The minimum atomic E-state index is -1.72. The van der Waals surface area contributed by atoms with E-state index in [1.807, 2.05) is 26.0 Å². The monoisotopic (exact) mass is 401 g/mol. The fourth-order valence-electron chi connectivity index (χ4n) is 2.84. The van der Waals surface area contributed by atoms with E-state index in [4.69, 9.17) is 16.3 Å². The second kappa shape index (κ2) is 6.21. The highest BCUT2D eigenvalue weighted by Gasteiger charge is 2.47. The lowest BCUT2D eigenvalue weighted by Crippen LogP contribution is -2.56. The van der Waals surface area contributed by atoms with Gasteiger partial charge in [-0.1, -0.05) is 29.0 Å². The molecule has 1 unspecified atom stereocenters. The van der Waals surface area contributed by atoms with Gasteiger partial charge in [0.25, 0.3) is 17.4 Å². The SMILES string of the molecule is Cc1ccc2sc(NC(=O)C3(C)Oc4ccc(Cl)cc4NC3=O)nc2c1C. The molecule has 0 spiro atoms. The Labute approximate surface area is 164 Å². The number of nitrogens with one attached hydrogen (secondary N) is 2. The van der Waals surface area contributed by atoms with Gasteiger partial charge in [0.2, 0.25) is 0 Å². The molecule has 2 heterocycles. The largest absolute Gasteiger partial charge is 0.466 e. The second-order valence-electron chi connectivity index (χ2n) is 6.56. The molecule has 3 aromatic rings. The number of anilines is 2. The molecule has 1 aliphatic heterocycles. The zero-order valence-electron chi connectivity index (χ0n) is 14.8. The summed E-state index contributed by atoms with van der Waals surface area (Å²) in [5.41, 5.74) is 1.75. The van der Waals surface area contributed by atoms with Gasteiger partial charge >= 0.3 is 0 Å². The first-order valence-corrected chi connectivity index (χ1v) is 9.45. The van der Waals surface area contributed by atoms with E-state index in [9.17, 15) is 9.59 Å². The Morgan fingerprint density at radius 3 is 2.85 bits per heavy atom. The van der Waals surface area contributed by atoms with Gasteiger partial charge in [0.05, 0.1) is 15.9 Å². The molecule has 1 atom stereocenters. The Balaban J connectivity index is 1.63. The van der Waals surface area contributed by atoms with Gasteiger partial charge in [0.15, 0.2) is 5.13 Å². The number of halogens is 1. The Kier molecular flexibility index (Phi) is 4.09. The molecule has 0 saturated carbocycles. The van der Waals surface area contributed by atoms with Crippen molar-refractivity contribution in [2.45, 2.75) is 26.4 Å². The minimum absolute atomic E-state index is 0.382. The van der Waals surface area contributed by atoms with E-state index < -0.39 is 17.4 Å². The number of carbonyl (C=O) groups excluding carboxylic acids is 2. The predicted octanol–water partition coefficient (Wildman–Crippen LogP) is 4.29. The lowest BCUT2D eigenvalue weighted by Gasteiger charge is -2.33. The summed E-state index contributed by atoms with van der Waals surface area (Å²) in [6.45, 7) is 5.43. The van der Waals surface area contributed by atoms with Crippen LogP contribution in [0.15, 0.2) is 30.3 Å². The Bertz CT molecular complexity index is 1110. The number of benzene rings is 2. The van der Waals surface area contributed by atoms with Crippen LogP contribution >= 0.6 is 22.9 Å². The van der Waals surface area contributed by atoms with Gasteiger partial charge in [0.1, 0.15) is 5.75 Å². The first kappa shape index (κ1) is 17.8. The molecular formula is C19H16ClN3O3S. The zero-order valence-corrected chi connectivity index (χ0v) is 16.4. The number of hydrogen-bond donors (Lipinski definition) is 2. The number of rotatable bonds is 2. The van der Waals surface area contributed by atoms with Crippen molar-refractivity contribution >= 4 is 55.8 Å². The molecule has 2 amide bonds. The van der Waals surface area contributed by atoms with Gasteiger partial charge in [-0.2, -0.15) is 0 Å². The molecule has 0 fully saturated rings. The molecule has 8 heteroatoms. The standard InChI is InChI=1S/C19H16ClN3O3S/c1-9-4-7-14-15(10(9)2)22-18(27-14)23-17(25)19(3)16(24)21-12-8-11(20)5-6-13(12)26-19/h4-8H,1-3H3,(H,21,24)(H,22,23,25). The Morgan fingerprint density at radius 2 is 2.07 bits per heavy atom. The summed E-state index contributed by atoms with van der Waals surface area (Å²) in [5, 5.41) is 6.28. The maximum Gasteiger partial charge on any atom is 0.280 e. The fourth-order valence-corrected chi connectivity index (χ4v) is 3.93. The van der Waals surface area contributed by atoms with E-state index >= 15 is 0 Å². The molecule has 1 aromatic heterocycles. The van der Waals surface area contributed by atoms with Crippen LogP contribution in [-0.2, 0) is 9.59 Å². The average Bonchev–Trinajstić information content (AvgIpc) is 3.03. The number of ether oxygens (including phenoxy) is 1. The molecule has 2 aromatic carbocycles. The lowest BCUT2D eigenvalue weighted by molar-refractivity contribution is -0.143. The van der Waals surface area contributed by atoms with Gasteiger partial charge in [0, 0.05) is 5.02 Å². The molecule has 138 valence electrons. The number of aromatic nitrogens is 1. The van der Waals surface area contributed by atoms with Crippen LogP contribution in [0.2, 0.25) is 5.02 Å². The molecular weight excluding hydrogens is 386 g/mol. The van der Waals surface area contributed by atoms with E-state index in [2.05, 4.69) is 15.6 Å². The smallest absolute Gasteiger partial charge is 0.280 e. The van der Waals surface area contributed by atoms with Crippen molar-refractivity contribution in [3.63, 3.8) is 0 Å². The van der Waals surface area contributed by atoms with Gasteiger partial charge in [-0.05, 0) is 56.2 Å². The van der Waals surface area contributed by atoms with Crippen molar-refractivity contribution in [2.75, 3.05) is 10.6 Å². The number of thiazole rings is 1. The summed E-state index contributed by atoms with van der Waals surface area (Å²) < 4.78 is 6.70. The highest BCUT2D eigenvalue weighted by Crippen LogP contribution is 2.36. The van der Waals surface area contributed by atoms with Gasteiger partial charge in [-0.25, -0.2) is 4.98 Å². The first-order chi connectivity index (χ1) is 12.8. The van der Waals surface area contributed by atoms with Crippen molar-refractivity contribution in [3.05, 3.63) is 46.5 Å². The molecule has 0 bridgehead atoms. The molecule has 6 nitrogen and oxygen atoms in total. The van der Waals surface area contributed by atoms with Crippen LogP contribution in [0, 0.1) is 13.8 Å². The number of aryl methyl sites for hydroxylation is 2. The highest BCUT2D eigenvalue weighted by molar-refractivity contribution is 7.22. The van der Waals surface area contributed by atoms with E-state index in [-0.39, 0.29) is 0 Å². The summed E-state index contributed by atoms with van der Waals surface area (Å²) in [7, 11) is 0. The zero-order chi connectivity index (χ0) is 19.3. The van der Waals surface area contributed by atoms with Crippen molar-refractivity contribution in [1.82, 2.24) is 4.98 Å². The first-order valence-electron chi connectivity index (χ1n) is 8.26. The summed E-state index contributed by atoms with van der Waals surface area (Å²) >= 11 is 7.29. The molecule has 27 heavy (non-hydrogen) atoms. The number of fused-ring (bicyclic) bond motifs is 2. The van der Waals surface area contributed by atoms with Gasteiger partial charge in [-0.15, -0.1) is 0 Å². The van der Waals surface area contributed by atoms with Gasteiger partial charge < -0.3 is 10.1 Å². The van der Waals surface area contributed by atoms with Crippen molar-refractivity contribution < 1.29 is 14.3 Å². The average molecular weight is 402 g/mol. The molecule has 0 saturated heterocycles. The highest BCUT2D eigenvalue weighted by atomic mass is 35.5. The molecule has 1 aliphatic rings. The van der Waals surface area contributed by atoms with Crippen LogP contribution < -0.4 is 15.4 Å². The fraction of sp³-hybridized carbons (Fsp3) is 0.211. The van der Waals surface area contributed by atoms with E-state index in [1.54, 1.807) is 18.2 Å². The Hall–Kier alpha value is -2.64.